The molecule has 98 valence electrons. The van der Waals surface area contributed by atoms with Crippen LogP contribution in [0.25, 0.3) is 0 Å². The van der Waals surface area contributed by atoms with E-state index < -0.39 is 8.07 Å². The maximum atomic E-state index is 10.2. The molecule has 2 aromatic carbocycles. The largest absolute Gasteiger partial charge is 0.392 e. The van der Waals surface area contributed by atoms with Gasteiger partial charge in [0.2, 0.25) is 0 Å². The van der Waals surface area contributed by atoms with Crippen LogP contribution in [0.1, 0.15) is 0 Å². The van der Waals surface area contributed by atoms with E-state index in [-0.39, 0.29) is 12.1 Å². The Balaban J connectivity index is 2.13. The standard InChI is InChI=1S/C16H19NOSi/c17-15-11-19(12-16(15)18,13-7-3-1-4-8-13)14-9-5-2-6-10-14/h1-10,15-16,18H,11-12,17H2/t15-,16-/m0/s1. The number of aliphatic hydroxyl groups excluding tert-OH is 1. The third-order valence-corrected chi connectivity index (χ3v) is 9.45. The Bertz CT molecular complexity index is 492. The predicted molar refractivity (Wildman–Crippen MR) is 81.5 cm³/mol. The van der Waals surface area contributed by atoms with Gasteiger partial charge in [0.1, 0.15) is 8.07 Å². The molecule has 2 aromatic rings. The summed E-state index contributed by atoms with van der Waals surface area (Å²) in [6, 6.07) is 22.9. The van der Waals surface area contributed by atoms with Crippen LogP contribution in [0.4, 0.5) is 0 Å². The van der Waals surface area contributed by atoms with Gasteiger partial charge in [-0.3, -0.25) is 0 Å². The molecule has 1 heterocycles. The maximum absolute atomic E-state index is 10.2. The van der Waals surface area contributed by atoms with Crippen LogP contribution < -0.4 is 16.1 Å². The Morgan fingerprint density at radius 3 is 1.68 bits per heavy atom. The van der Waals surface area contributed by atoms with Crippen molar-refractivity contribution in [3.8, 4) is 0 Å². The topological polar surface area (TPSA) is 46.2 Å². The molecular weight excluding hydrogens is 250 g/mol. The van der Waals surface area contributed by atoms with Crippen molar-refractivity contribution in [3.63, 3.8) is 0 Å². The van der Waals surface area contributed by atoms with Gasteiger partial charge in [0.05, 0.1) is 6.10 Å². The Kier molecular flexibility index (Phi) is 3.27. The third kappa shape index (κ3) is 2.14. The molecule has 0 bridgehead atoms. The van der Waals surface area contributed by atoms with E-state index in [4.69, 9.17) is 5.73 Å². The molecule has 19 heavy (non-hydrogen) atoms. The molecule has 0 radical (unpaired) electrons. The molecule has 1 aliphatic heterocycles. The van der Waals surface area contributed by atoms with Gasteiger partial charge < -0.3 is 10.8 Å². The van der Waals surface area contributed by atoms with E-state index in [9.17, 15) is 5.11 Å². The van der Waals surface area contributed by atoms with Gasteiger partial charge in [0.15, 0.2) is 0 Å². The fraction of sp³-hybridized carbons (Fsp3) is 0.250. The van der Waals surface area contributed by atoms with E-state index in [0.717, 1.165) is 12.1 Å². The number of nitrogens with two attached hydrogens (primary N) is 1. The number of aliphatic hydroxyl groups is 1. The Morgan fingerprint density at radius 2 is 1.32 bits per heavy atom. The van der Waals surface area contributed by atoms with E-state index in [2.05, 4.69) is 48.5 Å². The van der Waals surface area contributed by atoms with Gasteiger partial charge in [-0.2, -0.15) is 0 Å². The van der Waals surface area contributed by atoms with Crippen molar-refractivity contribution in [1.29, 1.82) is 0 Å². The molecule has 0 amide bonds. The van der Waals surface area contributed by atoms with Crippen molar-refractivity contribution >= 4 is 18.4 Å². The van der Waals surface area contributed by atoms with Crippen LogP contribution in [0, 0.1) is 0 Å². The SMILES string of the molecule is N[C@H]1C[Si](c2ccccc2)(c2ccccc2)C[C@@H]1O. The van der Waals surface area contributed by atoms with E-state index in [0.29, 0.717) is 0 Å². The lowest BCUT2D eigenvalue weighted by molar-refractivity contribution is 0.180. The van der Waals surface area contributed by atoms with Gasteiger partial charge in [-0.1, -0.05) is 71.0 Å². The molecule has 2 nitrogen and oxygen atoms in total. The number of benzene rings is 2. The van der Waals surface area contributed by atoms with Crippen molar-refractivity contribution in [2.24, 2.45) is 5.73 Å². The van der Waals surface area contributed by atoms with Crippen molar-refractivity contribution < 1.29 is 5.11 Å². The lowest BCUT2D eigenvalue weighted by Crippen LogP contribution is -2.56. The first-order valence-corrected chi connectivity index (χ1v) is 9.18. The fourth-order valence-electron chi connectivity index (χ4n) is 3.28. The first-order valence-electron chi connectivity index (χ1n) is 6.77. The smallest absolute Gasteiger partial charge is 0.122 e. The Morgan fingerprint density at radius 1 is 0.842 bits per heavy atom. The summed E-state index contributed by atoms with van der Waals surface area (Å²) in [6.45, 7) is 0. The molecule has 0 unspecified atom stereocenters. The normalized spacial score (nSPS) is 25.4. The average Bonchev–Trinajstić information content (AvgIpc) is 2.78. The quantitative estimate of drug-likeness (QED) is 0.798. The zero-order valence-electron chi connectivity index (χ0n) is 10.9. The van der Waals surface area contributed by atoms with E-state index in [1.165, 1.54) is 10.4 Å². The highest BCUT2D eigenvalue weighted by Crippen LogP contribution is 2.29. The zero-order valence-corrected chi connectivity index (χ0v) is 11.9. The molecule has 0 saturated carbocycles. The summed E-state index contributed by atoms with van der Waals surface area (Å²) >= 11 is 0. The minimum Gasteiger partial charge on any atom is -0.392 e. The van der Waals surface area contributed by atoms with Gasteiger partial charge in [-0.25, -0.2) is 0 Å². The summed E-state index contributed by atoms with van der Waals surface area (Å²) in [5.41, 5.74) is 6.11. The zero-order chi connectivity index (χ0) is 13.3. The molecule has 1 aliphatic rings. The van der Waals surface area contributed by atoms with Gasteiger partial charge in [0.25, 0.3) is 0 Å². The van der Waals surface area contributed by atoms with Crippen LogP contribution >= 0.6 is 0 Å². The van der Waals surface area contributed by atoms with Gasteiger partial charge in [-0.15, -0.1) is 0 Å². The van der Waals surface area contributed by atoms with Crippen LogP contribution in [0.2, 0.25) is 12.1 Å². The van der Waals surface area contributed by atoms with Gasteiger partial charge >= 0.3 is 0 Å². The molecule has 0 spiro atoms. The summed E-state index contributed by atoms with van der Waals surface area (Å²) in [7, 11) is -1.89. The molecule has 3 heteroatoms. The number of rotatable bonds is 2. The van der Waals surface area contributed by atoms with Crippen LogP contribution in [0.5, 0.6) is 0 Å². The first kappa shape index (κ1) is 12.6. The predicted octanol–water partition coefficient (Wildman–Crippen LogP) is 0.951. The highest BCUT2D eigenvalue weighted by molar-refractivity contribution is 7.03. The number of hydrogen-bond donors (Lipinski definition) is 2. The first-order chi connectivity index (χ1) is 9.22. The van der Waals surface area contributed by atoms with Crippen molar-refractivity contribution in [2.45, 2.75) is 24.2 Å². The van der Waals surface area contributed by atoms with Crippen molar-refractivity contribution in [3.05, 3.63) is 60.7 Å². The molecule has 3 N–H and O–H groups in total. The average molecular weight is 269 g/mol. The van der Waals surface area contributed by atoms with Crippen LogP contribution in [-0.2, 0) is 0 Å². The van der Waals surface area contributed by atoms with Gasteiger partial charge in [0, 0.05) is 6.04 Å². The Hall–Kier alpha value is -1.42. The highest BCUT2D eigenvalue weighted by Gasteiger charge is 2.47. The summed E-state index contributed by atoms with van der Waals surface area (Å²) in [4.78, 5) is 0. The molecule has 0 aromatic heterocycles. The maximum Gasteiger partial charge on any atom is 0.122 e. The second-order valence-electron chi connectivity index (χ2n) is 5.45. The monoisotopic (exact) mass is 269 g/mol. The summed E-state index contributed by atoms with van der Waals surface area (Å²) in [5, 5.41) is 12.9. The molecular formula is C16H19NOSi. The molecule has 2 atom stereocenters. The van der Waals surface area contributed by atoms with E-state index in [1.54, 1.807) is 0 Å². The van der Waals surface area contributed by atoms with E-state index >= 15 is 0 Å². The van der Waals surface area contributed by atoms with Crippen LogP contribution in [-0.4, -0.2) is 25.3 Å². The van der Waals surface area contributed by atoms with Gasteiger partial charge in [-0.05, 0) is 12.1 Å². The van der Waals surface area contributed by atoms with Crippen LogP contribution in [0.15, 0.2) is 60.7 Å². The molecule has 1 saturated heterocycles. The lowest BCUT2D eigenvalue weighted by Gasteiger charge is -2.28. The van der Waals surface area contributed by atoms with Crippen molar-refractivity contribution in [2.75, 3.05) is 0 Å². The second-order valence-corrected chi connectivity index (χ2v) is 9.59. The number of hydrogen-bond acceptors (Lipinski definition) is 2. The van der Waals surface area contributed by atoms with E-state index in [1.807, 2.05) is 12.1 Å². The third-order valence-electron chi connectivity index (χ3n) is 4.29. The molecule has 1 fully saturated rings. The molecule has 3 rings (SSSR count). The fourth-order valence-corrected chi connectivity index (χ4v) is 8.48. The highest BCUT2D eigenvalue weighted by atomic mass is 28.3. The minimum absolute atomic E-state index is 0.0907. The second kappa shape index (κ2) is 4.93. The summed E-state index contributed by atoms with van der Waals surface area (Å²) in [6.07, 6.45) is -0.368. The summed E-state index contributed by atoms with van der Waals surface area (Å²) < 4.78 is 0. The molecule has 0 aliphatic carbocycles. The van der Waals surface area contributed by atoms with Crippen molar-refractivity contribution in [1.82, 2.24) is 0 Å². The summed E-state index contributed by atoms with van der Waals surface area (Å²) in [5.74, 6) is 0. The Labute approximate surface area is 114 Å². The lowest BCUT2D eigenvalue weighted by atomic mass is 10.2. The minimum atomic E-state index is -1.89. The van der Waals surface area contributed by atoms with Crippen LogP contribution in [0.3, 0.4) is 0 Å².